The Kier molecular flexibility index (Phi) is 7.37. The zero-order valence-corrected chi connectivity index (χ0v) is 13.2. The fourth-order valence-corrected chi connectivity index (χ4v) is 2.02. The number of amides is 1. The van der Waals surface area contributed by atoms with Crippen LogP contribution >= 0.6 is 0 Å². The molecule has 0 saturated carbocycles. The standard InChI is InChI=1S/C17H25NO3/c1-13(2)6-5-7-17(19)18-11-10-14-8-9-15(20-3)16(12-14)21-4/h8-9,12H,1,5-7,10-11H2,2-4H3,(H,18,19). The summed E-state index contributed by atoms with van der Waals surface area (Å²) >= 11 is 0. The summed E-state index contributed by atoms with van der Waals surface area (Å²) in [4.78, 5) is 11.7. The van der Waals surface area contributed by atoms with E-state index >= 15 is 0 Å². The van der Waals surface area contributed by atoms with Crippen LogP contribution < -0.4 is 14.8 Å². The molecule has 0 atom stereocenters. The van der Waals surface area contributed by atoms with E-state index in [1.807, 2.05) is 25.1 Å². The highest BCUT2D eigenvalue weighted by atomic mass is 16.5. The van der Waals surface area contributed by atoms with Crippen molar-refractivity contribution in [2.24, 2.45) is 0 Å². The summed E-state index contributed by atoms with van der Waals surface area (Å²) in [6.07, 6.45) is 3.09. The van der Waals surface area contributed by atoms with Crippen LogP contribution in [-0.4, -0.2) is 26.7 Å². The van der Waals surface area contributed by atoms with Gasteiger partial charge in [0.2, 0.25) is 5.91 Å². The van der Waals surface area contributed by atoms with E-state index in [1.54, 1.807) is 14.2 Å². The van der Waals surface area contributed by atoms with Crippen molar-refractivity contribution < 1.29 is 14.3 Å². The van der Waals surface area contributed by atoms with Crippen LogP contribution in [0.3, 0.4) is 0 Å². The summed E-state index contributed by atoms with van der Waals surface area (Å²) in [6, 6.07) is 5.80. The van der Waals surface area contributed by atoms with Gasteiger partial charge in [0, 0.05) is 13.0 Å². The SMILES string of the molecule is C=C(C)CCCC(=O)NCCc1ccc(OC)c(OC)c1. The monoisotopic (exact) mass is 291 g/mol. The topological polar surface area (TPSA) is 47.6 Å². The highest BCUT2D eigenvalue weighted by Crippen LogP contribution is 2.27. The molecule has 1 N–H and O–H groups in total. The molecular formula is C17H25NO3. The molecule has 0 aliphatic heterocycles. The molecule has 0 spiro atoms. The minimum atomic E-state index is 0.0942. The van der Waals surface area contributed by atoms with E-state index in [4.69, 9.17) is 9.47 Å². The third-order valence-corrected chi connectivity index (χ3v) is 3.19. The Morgan fingerprint density at radius 3 is 2.52 bits per heavy atom. The Bertz CT molecular complexity index is 483. The second-order valence-electron chi connectivity index (χ2n) is 5.10. The van der Waals surface area contributed by atoms with Crippen molar-refractivity contribution in [1.29, 1.82) is 0 Å². The number of methoxy groups -OCH3 is 2. The molecule has 0 radical (unpaired) electrons. The predicted octanol–water partition coefficient (Wildman–Crippen LogP) is 3.11. The Balaban J connectivity index is 2.35. The fraction of sp³-hybridized carbons (Fsp3) is 0.471. The van der Waals surface area contributed by atoms with E-state index in [0.29, 0.717) is 24.5 Å². The van der Waals surface area contributed by atoms with Gasteiger partial charge in [-0.25, -0.2) is 0 Å². The Hall–Kier alpha value is -1.97. The molecule has 0 aromatic heterocycles. The van der Waals surface area contributed by atoms with Crippen LogP contribution in [-0.2, 0) is 11.2 Å². The largest absolute Gasteiger partial charge is 0.493 e. The van der Waals surface area contributed by atoms with Crippen molar-refractivity contribution in [3.63, 3.8) is 0 Å². The number of ether oxygens (including phenoxy) is 2. The lowest BCUT2D eigenvalue weighted by atomic mass is 10.1. The molecule has 1 rings (SSSR count). The molecule has 1 aromatic carbocycles. The maximum absolute atomic E-state index is 11.7. The highest BCUT2D eigenvalue weighted by molar-refractivity contribution is 5.75. The molecule has 21 heavy (non-hydrogen) atoms. The molecule has 0 fully saturated rings. The van der Waals surface area contributed by atoms with Crippen molar-refractivity contribution >= 4 is 5.91 Å². The van der Waals surface area contributed by atoms with Crippen molar-refractivity contribution in [2.75, 3.05) is 20.8 Å². The van der Waals surface area contributed by atoms with Gasteiger partial charge in [0.25, 0.3) is 0 Å². The molecule has 0 aliphatic carbocycles. The molecule has 0 heterocycles. The van der Waals surface area contributed by atoms with Gasteiger partial charge in [-0.2, -0.15) is 0 Å². The van der Waals surface area contributed by atoms with Gasteiger partial charge in [0.1, 0.15) is 0 Å². The van der Waals surface area contributed by atoms with E-state index < -0.39 is 0 Å². The van der Waals surface area contributed by atoms with Gasteiger partial charge < -0.3 is 14.8 Å². The molecule has 0 unspecified atom stereocenters. The van der Waals surface area contributed by atoms with Crippen LogP contribution in [0, 0.1) is 0 Å². The first-order chi connectivity index (χ1) is 10.1. The Labute approximate surface area is 127 Å². The summed E-state index contributed by atoms with van der Waals surface area (Å²) in [7, 11) is 3.23. The van der Waals surface area contributed by atoms with Gasteiger partial charge in [-0.1, -0.05) is 11.6 Å². The average molecular weight is 291 g/mol. The quantitative estimate of drug-likeness (QED) is 0.711. The Morgan fingerprint density at radius 2 is 1.90 bits per heavy atom. The molecule has 0 aliphatic rings. The maximum Gasteiger partial charge on any atom is 0.220 e. The van der Waals surface area contributed by atoms with Gasteiger partial charge in [0.15, 0.2) is 11.5 Å². The van der Waals surface area contributed by atoms with Gasteiger partial charge in [-0.15, -0.1) is 6.58 Å². The first-order valence-electron chi connectivity index (χ1n) is 7.18. The second-order valence-corrected chi connectivity index (χ2v) is 5.10. The van der Waals surface area contributed by atoms with Gasteiger partial charge >= 0.3 is 0 Å². The van der Waals surface area contributed by atoms with E-state index in [0.717, 1.165) is 30.4 Å². The number of rotatable bonds is 9. The zero-order valence-electron chi connectivity index (χ0n) is 13.2. The lowest BCUT2D eigenvalue weighted by molar-refractivity contribution is -0.121. The van der Waals surface area contributed by atoms with Crippen LogP contribution in [0.1, 0.15) is 31.7 Å². The van der Waals surface area contributed by atoms with Crippen LogP contribution in [0.5, 0.6) is 11.5 Å². The normalized spacial score (nSPS) is 10.0. The summed E-state index contributed by atoms with van der Waals surface area (Å²) in [5, 5.41) is 2.93. The summed E-state index contributed by atoms with van der Waals surface area (Å²) < 4.78 is 10.5. The maximum atomic E-state index is 11.7. The predicted molar refractivity (Wildman–Crippen MR) is 84.9 cm³/mol. The van der Waals surface area contributed by atoms with Crippen molar-refractivity contribution in [3.05, 3.63) is 35.9 Å². The minimum Gasteiger partial charge on any atom is -0.493 e. The van der Waals surface area contributed by atoms with Crippen molar-refractivity contribution in [1.82, 2.24) is 5.32 Å². The fourth-order valence-electron chi connectivity index (χ4n) is 2.02. The van der Waals surface area contributed by atoms with E-state index in [-0.39, 0.29) is 5.91 Å². The summed E-state index contributed by atoms with van der Waals surface area (Å²) in [5.74, 6) is 1.52. The number of nitrogens with one attached hydrogen (secondary N) is 1. The van der Waals surface area contributed by atoms with Gasteiger partial charge in [-0.3, -0.25) is 4.79 Å². The van der Waals surface area contributed by atoms with Crippen LogP contribution in [0.2, 0.25) is 0 Å². The number of allylic oxidation sites excluding steroid dienone is 1. The van der Waals surface area contributed by atoms with Crippen molar-refractivity contribution in [2.45, 2.75) is 32.6 Å². The molecule has 1 aromatic rings. The Morgan fingerprint density at radius 1 is 1.19 bits per heavy atom. The van der Waals surface area contributed by atoms with Gasteiger partial charge in [0.05, 0.1) is 14.2 Å². The summed E-state index contributed by atoms with van der Waals surface area (Å²) in [6.45, 7) is 6.44. The number of benzene rings is 1. The summed E-state index contributed by atoms with van der Waals surface area (Å²) in [5.41, 5.74) is 2.23. The van der Waals surface area contributed by atoms with Crippen molar-refractivity contribution in [3.8, 4) is 11.5 Å². The smallest absolute Gasteiger partial charge is 0.220 e. The molecule has 0 bridgehead atoms. The number of hydrogen-bond donors (Lipinski definition) is 1. The number of carbonyl (C=O) groups excluding carboxylic acids is 1. The molecule has 4 heteroatoms. The lowest BCUT2D eigenvalue weighted by Crippen LogP contribution is -2.25. The zero-order chi connectivity index (χ0) is 15.7. The molecule has 116 valence electrons. The average Bonchev–Trinajstić information content (AvgIpc) is 2.46. The first-order valence-corrected chi connectivity index (χ1v) is 7.18. The second kappa shape index (κ2) is 9.06. The first kappa shape index (κ1) is 17.1. The lowest BCUT2D eigenvalue weighted by Gasteiger charge is -2.10. The molecule has 0 saturated heterocycles. The van der Waals surface area contributed by atoms with Crippen LogP contribution in [0.15, 0.2) is 30.4 Å². The highest BCUT2D eigenvalue weighted by Gasteiger charge is 2.05. The van der Waals surface area contributed by atoms with Crippen LogP contribution in [0.4, 0.5) is 0 Å². The third kappa shape index (κ3) is 6.34. The molecular weight excluding hydrogens is 266 g/mol. The van der Waals surface area contributed by atoms with E-state index in [1.165, 1.54) is 0 Å². The van der Waals surface area contributed by atoms with Gasteiger partial charge in [-0.05, 0) is 43.9 Å². The van der Waals surface area contributed by atoms with E-state index in [9.17, 15) is 4.79 Å². The number of carbonyl (C=O) groups is 1. The third-order valence-electron chi connectivity index (χ3n) is 3.19. The number of hydrogen-bond acceptors (Lipinski definition) is 3. The van der Waals surface area contributed by atoms with E-state index in [2.05, 4.69) is 11.9 Å². The minimum absolute atomic E-state index is 0.0942. The van der Waals surface area contributed by atoms with Crippen LogP contribution in [0.25, 0.3) is 0 Å². The molecule has 4 nitrogen and oxygen atoms in total. The molecule has 1 amide bonds.